The van der Waals surface area contributed by atoms with Gasteiger partial charge in [-0.1, -0.05) is 0 Å². The maximum absolute atomic E-state index is 12.9. The van der Waals surface area contributed by atoms with Gasteiger partial charge < -0.3 is 23.4 Å². The van der Waals surface area contributed by atoms with Crippen LogP contribution in [0.1, 0.15) is 30.0 Å². The molecule has 31 heavy (non-hydrogen) atoms. The van der Waals surface area contributed by atoms with E-state index in [0.29, 0.717) is 28.0 Å². The summed E-state index contributed by atoms with van der Waals surface area (Å²) in [6.45, 7) is 5.15. The zero-order valence-corrected chi connectivity index (χ0v) is 17.6. The molecule has 0 spiro atoms. The fraction of sp³-hybridized carbons (Fsp3) is 0.261. The van der Waals surface area contributed by atoms with Crippen LogP contribution in [0, 0.1) is 6.92 Å². The molecule has 0 unspecified atom stereocenters. The predicted molar refractivity (Wildman–Crippen MR) is 112 cm³/mol. The van der Waals surface area contributed by atoms with E-state index in [-0.39, 0.29) is 23.5 Å². The van der Waals surface area contributed by atoms with E-state index in [9.17, 15) is 14.4 Å². The van der Waals surface area contributed by atoms with Crippen molar-refractivity contribution in [3.63, 3.8) is 0 Å². The Bertz CT molecular complexity index is 1160. The molecule has 0 aliphatic carbocycles. The quantitative estimate of drug-likeness (QED) is 0.522. The first-order valence-corrected chi connectivity index (χ1v) is 9.61. The van der Waals surface area contributed by atoms with Crippen molar-refractivity contribution in [3.8, 4) is 17.2 Å². The van der Waals surface area contributed by atoms with Crippen LogP contribution in [0.2, 0.25) is 0 Å². The Kier molecular flexibility index (Phi) is 6.59. The smallest absolute Gasteiger partial charge is 0.347 e. The molecule has 8 heteroatoms. The average molecular weight is 426 g/mol. The molecule has 0 aliphatic rings. The van der Waals surface area contributed by atoms with Crippen LogP contribution >= 0.6 is 0 Å². The molecule has 162 valence electrons. The Hall–Kier alpha value is -3.81. The number of ether oxygens (including phenoxy) is 4. The molecular formula is C23H22O8. The van der Waals surface area contributed by atoms with Crippen LogP contribution in [-0.2, 0) is 14.3 Å². The van der Waals surface area contributed by atoms with Gasteiger partial charge in [-0.15, -0.1) is 0 Å². The van der Waals surface area contributed by atoms with Gasteiger partial charge in [0.2, 0.25) is 11.2 Å². The molecule has 1 heterocycles. The summed E-state index contributed by atoms with van der Waals surface area (Å²) < 4.78 is 26.6. The van der Waals surface area contributed by atoms with Crippen LogP contribution in [0.25, 0.3) is 11.0 Å². The van der Waals surface area contributed by atoms with Gasteiger partial charge in [0.1, 0.15) is 22.8 Å². The number of fused-ring (bicyclic) bond motifs is 1. The standard InChI is InChI=1S/C23H22O8/c1-5-28-22(25)14(3)29-17-10-11-18-19(12-17)30-13(2)21(20(18)24)31-16-8-6-15(7-9-16)23(26)27-4/h6-12,14H,5H2,1-4H3/t14-/m1/s1. The highest BCUT2D eigenvalue weighted by molar-refractivity contribution is 5.89. The maximum Gasteiger partial charge on any atom is 0.347 e. The van der Waals surface area contributed by atoms with Gasteiger partial charge >= 0.3 is 11.9 Å². The Balaban J connectivity index is 1.87. The molecule has 3 rings (SSSR count). The first kappa shape index (κ1) is 21.9. The van der Waals surface area contributed by atoms with E-state index in [4.69, 9.17) is 18.6 Å². The lowest BCUT2D eigenvalue weighted by Gasteiger charge is -2.14. The van der Waals surface area contributed by atoms with Crippen molar-refractivity contribution < 1.29 is 33.0 Å². The molecule has 0 fully saturated rings. The normalized spacial score (nSPS) is 11.6. The SMILES string of the molecule is CCOC(=O)[C@@H](C)Oc1ccc2c(=O)c(Oc3ccc(C(=O)OC)cc3)c(C)oc2c1. The van der Waals surface area contributed by atoms with E-state index in [1.165, 1.54) is 25.3 Å². The van der Waals surface area contributed by atoms with Gasteiger partial charge in [-0.3, -0.25) is 4.79 Å². The van der Waals surface area contributed by atoms with Crippen LogP contribution in [-0.4, -0.2) is 31.8 Å². The number of benzene rings is 2. The summed E-state index contributed by atoms with van der Waals surface area (Å²) in [5, 5.41) is 0.294. The second-order valence-electron chi connectivity index (χ2n) is 6.60. The number of carbonyl (C=O) groups is 2. The van der Waals surface area contributed by atoms with Crippen molar-refractivity contribution in [2.45, 2.75) is 26.9 Å². The average Bonchev–Trinajstić information content (AvgIpc) is 2.76. The summed E-state index contributed by atoms with van der Waals surface area (Å²) in [6, 6.07) is 10.8. The third-order valence-electron chi connectivity index (χ3n) is 4.41. The Morgan fingerprint density at radius 1 is 1.06 bits per heavy atom. The second kappa shape index (κ2) is 9.34. The lowest BCUT2D eigenvalue weighted by Crippen LogP contribution is -2.26. The van der Waals surface area contributed by atoms with Crippen LogP contribution in [0.4, 0.5) is 0 Å². The first-order chi connectivity index (χ1) is 14.8. The number of aryl methyl sites for hydroxylation is 1. The van der Waals surface area contributed by atoms with Crippen LogP contribution < -0.4 is 14.9 Å². The van der Waals surface area contributed by atoms with Crippen molar-refractivity contribution in [2.75, 3.05) is 13.7 Å². The Morgan fingerprint density at radius 2 is 1.74 bits per heavy atom. The van der Waals surface area contributed by atoms with Gasteiger partial charge in [0, 0.05) is 6.07 Å². The zero-order valence-electron chi connectivity index (χ0n) is 17.6. The second-order valence-corrected chi connectivity index (χ2v) is 6.60. The molecule has 0 saturated carbocycles. The summed E-state index contributed by atoms with van der Waals surface area (Å²) in [7, 11) is 1.30. The summed E-state index contributed by atoms with van der Waals surface area (Å²) in [6.07, 6.45) is -0.805. The topological polar surface area (TPSA) is 101 Å². The maximum atomic E-state index is 12.9. The highest BCUT2D eigenvalue weighted by Gasteiger charge is 2.18. The third-order valence-corrected chi connectivity index (χ3v) is 4.41. The van der Waals surface area contributed by atoms with Gasteiger partial charge in [-0.2, -0.15) is 0 Å². The molecule has 2 aromatic carbocycles. The minimum Gasteiger partial charge on any atom is -0.479 e. The molecular weight excluding hydrogens is 404 g/mol. The Morgan fingerprint density at radius 3 is 2.39 bits per heavy atom. The molecule has 0 radical (unpaired) electrons. The molecule has 3 aromatic rings. The molecule has 0 N–H and O–H groups in total. The van der Waals surface area contributed by atoms with Crippen LogP contribution in [0.3, 0.4) is 0 Å². The number of rotatable bonds is 7. The van der Waals surface area contributed by atoms with Gasteiger partial charge in [0.05, 0.1) is 24.7 Å². The van der Waals surface area contributed by atoms with Crippen LogP contribution in [0.15, 0.2) is 51.7 Å². The minimum absolute atomic E-state index is 0.0341. The van der Waals surface area contributed by atoms with Crippen molar-refractivity contribution >= 4 is 22.9 Å². The summed E-state index contributed by atoms with van der Waals surface area (Å²) in [5.41, 5.74) is 0.298. The van der Waals surface area contributed by atoms with E-state index in [0.717, 1.165) is 0 Å². The fourth-order valence-corrected chi connectivity index (χ4v) is 2.87. The largest absolute Gasteiger partial charge is 0.479 e. The van der Waals surface area contributed by atoms with Gasteiger partial charge in [0.25, 0.3) is 0 Å². The number of carbonyl (C=O) groups excluding carboxylic acids is 2. The van der Waals surface area contributed by atoms with Gasteiger partial charge in [-0.25, -0.2) is 9.59 Å². The van der Waals surface area contributed by atoms with E-state index in [1.807, 2.05) is 0 Å². The highest BCUT2D eigenvalue weighted by atomic mass is 16.6. The Labute approximate surface area is 178 Å². The minimum atomic E-state index is -0.805. The van der Waals surface area contributed by atoms with Crippen molar-refractivity contribution in [1.29, 1.82) is 0 Å². The molecule has 0 bridgehead atoms. The summed E-state index contributed by atoms with van der Waals surface area (Å²) in [5.74, 6) is 0.0794. The number of hydrogen-bond donors (Lipinski definition) is 0. The van der Waals surface area contributed by atoms with Crippen molar-refractivity contribution in [3.05, 3.63) is 64.0 Å². The van der Waals surface area contributed by atoms with E-state index < -0.39 is 18.0 Å². The lowest BCUT2D eigenvalue weighted by molar-refractivity contribution is -0.150. The van der Waals surface area contributed by atoms with E-state index in [1.54, 1.807) is 45.0 Å². The lowest BCUT2D eigenvalue weighted by atomic mass is 10.2. The van der Waals surface area contributed by atoms with E-state index in [2.05, 4.69) is 4.74 Å². The highest BCUT2D eigenvalue weighted by Crippen LogP contribution is 2.28. The molecule has 1 aromatic heterocycles. The number of hydrogen-bond acceptors (Lipinski definition) is 8. The molecule has 0 aliphatic heterocycles. The monoisotopic (exact) mass is 426 g/mol. The van der Waals surface area contributed by atoms with Crippen molar-refractivity contribution in [2.24, 2.45) is 0 Å². The predicted octanol–water partition coefficient (Wildman–Crippen LogP) is 4.01. The molecule has 8 nitrogen and oxygen atoms in total. The van der Waals surface area contributed by atoms with E-state index >= 15 is 0 Å². The van der Waals surface area contributed by atoms with Crippen molar-refractivity contribution in [1.82, 2.24) is 0 Å². The molecule has 1 atom stereocenters. The summed E-state index contributed by atoms with van der Waals surface area (Å²) >= 11 is 0. The fourth-order valence-electron chi connectivity index (χ4n) is 2.87. The molecule has 0 saturated heterocycles. The zero-order chi connectivity index (χ0) is 22.5. The number of methoxy groups -OCH3 is 1. The first-order valence-electron chi connectivity index (χ1n) is 9.61. The third kappa shape index (κ3) is 4.85. The summed E-state index contributed by atoms with van der Waals surface area (Å²) in [4.78, 5) is 36.2. The van der Waals surface area contributed by atoms with Gasteiger partial charge in [0.15, 0.2) is 6.10 Å². The molecule has 0 amide bonds. The van der Waals surface area contributed by atoms with Gasteiger partial charge in [-0.05, 0) is 57.2 Å². The number of esters is 2. The van der Waals surface area contributed by atoms with Crippen LogP contribution in [0.5, 0.6) is 17.2 Å².